The number of carbonyl (C=O) groups excluding carboxylic acids is 6. The third-order valence-corrected chi connectivity index (χ3v) is 3.70. The fourth-order valence-electron chi connectivity index (χ4n) is 1.92. The second-order valence-electron chi connectivity index (χ2n) is 6.31. The fourth-order valence-corrected chi connectivity index (χ4v) is 1.92. The van der Waals surface area contributed by atoms with Gasteiger partial charge in [0.15, 0.2) is 5.78 Å². The van der Waals surface area contributed by atoms with Gasteiger partial charge in [-0.15, -0.1) is 0 Å². The topological polar surface area (TPSA) is 139 Å². The molecule has 0 fully saturated rings. The zero-order chi connectivity index (χ0) is 26.2. The van der Waals surface area contributed by atoms with E-state index in [4.69, 9.17) is 4.74 Å². The monoisotopic (exact) mass is 496 g/mol. The molecule has 0 saturated heterocycles. The smallest absolute Gasteiger partial charge is 0.333 e. The average Bonchev–Trinajstić information content (AvgIpc) is 2.83. The molecule has 35 heavy (non-hydrogen) atoms. The maximum atomic E-state index is 11.5. The lowest BCUT2D eigenvalue weighted by Crippen LogP contribution is -2.11. The Morgan fingerprint density at radius 3 is 1.54 bits per heavy atom. The molecule has 0 aromatic carbocycles. The molecule has 0 spiro atoms. The molecule has 196 valence electrons. The van der Waals surface area contributed by atoms with Gasteiger partial charge in [0.2, 0.25) is 6.79 Å². The van der Waals surface area contributed by atoms with Crippen molar-refractivity contribution in [3.63, 3.8) is 0 Å². The number of allylic oxidation sites excluding steroid dienone is 1. The van der Waals surface area contributed by atoms with Crippen molar-refractivity contribution in [1.82, 2.24) is 0 Å². The molecule has 0 aliphatic carbocycles. The Bertz CT molecular complexity index is 677. The van der Waals surface area contributed by atoms with E-state index in [1.807, 2.05) is 0 Å². The first kappa shape index (κ1) is 35.8. The zero-order valence-corrected chi connectivity index (χ0v) is 19.3. The van der Waals surface area contributed by atoms with Gasteiger partial charge in [-0.3, -0.25) is 14.4 Å². The lowest BCUT2D eigenvalue weighted by molar-refractivity contribution is -0.164. The summed E-state index contributed by atoms with van der Waals surface area (Å²) < 4.78 is 18.4. The molecular weight excluding hydrogens is 460 g/mol. The number of ketones is 2. The summed E-state index contributed by atoms with van der Waals surface area (Å²) >= 11 is 0. The van der Waals surface area contributed by atoms with E-state index < -0.39 is 30.7 Å². The zero-order valence-electron chi connectivity index (χ0n) is 19.3. The summed E-state index contributed by atoms with van der Waals surface area (Å²) in [6.45, 7) is 12.6. The van der Waals surface area contributed by atoms with Crippen LogP contribution >= 0.6 is 0 Å². The number of hydrogen-bond donors (Lipinski definition) is 0. The van der Waals surface area contributed by atoms with Gasteiger partial charge in [0.05, 0.1) is 13.2 Å². The van der Waals surface area contributed by atoms with Crippen LogP contribution in [0.4, 0.5) is 0 Å². The maximum absolute atomic E-state index is 11.5. The van der Waals surface area contributed by atoms with Crippen molar-refractivity contribution in [3.8, 4) is 0 Å². The van der Waals surface area contributed by atoms with Gasteiger partial charge in [-0.25, -0.2) is 14.4 Å². The van der Waals surface area contributed by atoms with Gasteiger partial charge in [-0.05, 0) is 18.9 Å². The number of ether oxygens (including phenoxy) is 4. The van der Waals surface area contributed by atoms with Crippen LogP contribution in [0.5, 0.6) is 0 Å². The standard InChI is InChI=1S/C16H22O7.C8H10O3.CH4/c1-3-14(18)21-11-10-13(17)8-6-5-7-9-16(20)23-12-22-15(19)4-2;1-3-7(9)5-6-11-8(10)4-2;/h3-4H,1-2,5-12H2;3-4H,1-2,5-6H2;1H4. The first-order chi connectivity index (χ1) is 16.2. The van der Waals surface area contributed by atoms with E-state index in [-0.39, 0.29) is 51.5 Å². The van der Waals surface area contributed by atoms with Crippen LogP contribution in [0.25, 0.3) is 0 Å². The van der Waals surface area contributed by atoms with Crippen LogP contribution in [-0.2, 0) is 47.7 Å². The van der Waals surface area contributed by atoms with E-state index in [0.717, 1.165) is 18.2 Å². The third-order valence-electron chi connectivity index (χ3n) is 3.70. The molecule has 0 aliphatic rings. The van der Waals surface area contributed by atoms with Crippen LogP contribution in [0, 0.1) is 0 Å². The quantitative estimate of drug-likeness (QED) is 0.0912. The van der Waals surface area contributed by atoms with Crippen LogP contribution in [-0.4, -0.2) is 55.5 Å². The van der Waals surface area contributed by atoms with Crippen molar-refractivity contribution in [1.29, 1.82) is 0 Å². The molecule has 0 amide bonds. The van der Waals surface area contributed by atoms with Crippen LogP contribution in [0.1, 0.15) is 52.4 Å². The summed E-state index contributed by atoms with van der Waals surface area (Å²) in [6.07, 6.45) is 7.11. The van der Waals surface area contributed by atoms with Crippen LogP contribution in [0.3, 0.4) is 0 Å². The molecule has 0 aliphatic heterocycles. The molecule has 0 radical (unpaired) electrons. The summed E-state index contributed by atoms with van der Waals surface area (Å²) in [7, 11) is 0. The minimum atomic E-state index is -0.657. The summed E-state index contributed by atoms with van der Waals surface area (Å²) in [5.41, 5.74) is 0. The first-order valence-electron chi connectivity index (χ1n) is 10.4. The second-order valence-corrected chi connectivity index (χ2v) is 6.31. The Morgan fingerprint density at radius 1 is 0.543 bits per heavy atom. The van der Waals surface area contributed by atoms with E-state index in [1.54, 1.807) is 0 Å². The summed E-state index contributed by atoms with van der Waals surface area (Å²) in [5, 5.41) is 0. The van der Waals surface area contributed by atoms with Gasteiger partial charge in [0.25, 0.3) is 0 Å². The molecule has 0 heterocycles. The predicted molar refractivity (Wildman–Crippen MR) is 129 cm³/mol. The normalized spacial score (nSPS) is 8.91. The molecule has 0 bridgehead atoms. The summed E-state index contributed by atoms with van der Waals surface area (Å²) in [5.74, 6) is -2.32. The third kappa shape index (κ3) is 26.3. The highest BCUT2D eigenvalue weighted by atomic mass is 16.7. The number of esters is 4. The number of Topliss-reactive ketones (excluding diaryl/α,β-unsaturated/α-hetero) is 1. The molecular formula is C25H36O10. The van der Waals surface area contributed by atoms with E-state index >= 15 is 0 Å². The molecule has 10 heteroatoms. The largest absolute Gasteiger partial charge is 0.462 e. The highest BCUT2D eigenvalue weighted by Gasteiger charge is 2.06. The van der Waals surface area contributed by atoms with Crippen molar-refractivity contribution in [2.45, 2.75) is 52.4 Å². The molecule has 0 aromatic heterocycles. The molecule has 0 saturated carbocycles. The highest BCUT2D eigenvalue weighted by molar-refractivity contribution is 5.89. The molecule has 10 nitrogen and oxygen atoms in total. The van der Waals surface area contributed by atoms with Crippen molar-refractivity contribution < 1.29 is 47.7 Å². The summed E-state index contributed by atoms with van der Waals surface area (Å²) in [4.78, 5) is 65.2. The number of rotatable bonds is 18. The summed E-state index contributed by atoms with van der Waals surface area (Å²) in [6, 6.07) is 0. The van der Waals surface area contributed by atoms with Gasteiger partial charge in [0, 0.05) is 43.9 Å². The van der Waals surface area contributed by atoms with E-state index in [2.05, 4.69) is 40.5 Å². The maximum Gasteiger partial charge on any atom is 0.333 e. The Kier molecular flexibility index (Phi) is 25.4. The molecule has 0 atom stereocenters. The highest BCUT2D eigenvalue weighted by Crippen LogP contribution is 2.06. The van der Waals surface area contributed by atoms with E-state index in [1.165, 1.54) is 6.08 Å². The molecule has 0 rings (SSSR count). The van der Waals surface area contributed by atoms with Gasteiger partial charge in [-0.1, -0.05) is 40.2 Å². The van der Waals surface area contributed by atoms with Gasteiger partial charge >= 0.3 is 23.9 Å². The van der Waals surface area contributed by atoms with Crippen LogP contribution < -0.4 is 0 Å². The lowest BCUT2D eigenvalue weighted by atomic mass is 10.1. The molecule has 0 unspecified atom stereocenters. The Labute approximate surface area is 206 Å². The number of carbonyl (C=O) groups is 6. The fraction of sp³-hybridized carbons (Fsp3) is 0.440. The van der Waals surface area contributed by atoms with Crippen molar-refractivity contribution in [2.24, 2.45) is 0 Å². The van der Waals surface area contributed by atoms with Crippen molar-refractivity contribution in [3.05, 3.63) is 50.6 Å². The van der Waals surface area contributed by atoms with Crippen molar-refractivity contribution >= 4 is 35.4 Å². The second kappa shape index (κ2) is 24.8. The predicted octanol–water partition coefficient (Wildman–Crippen LogP) is 3.35. The van der Waals surface area contributed by atoms with Gasteiger partial charge in [0.1, 0.15) is 5.78 Å². The molecule has 0 N–H and O–H groups in total. The number of hydrogen-bond acceptors (Lipinski definition) is 10. The minimum Gasteiger partial charge on any atom is -0.462 e. The Morgan fingerprint density at radius 2 is 1.03 bits per heavy atom. The lowest BCUT2D eigenvalue weighted by Gasteiger charge is -2.05. The Hall–Kier alpha value is -3.82. The molecule has 0 aromatic rings. The van der Waals surface area contributed by atoms with Crippen LogP contribution in [0.15, 0.2) is 50.6 Å². The SMILES string of the molecule is C.C=CC(=O)CCOC(=O)C=C.C=CC(=O)OCCC(=O)CCCCCC(=O)OCOC(=O)C=C. The average molecular weight is 497 g/mol. The van der Waals surface area contributed by atoms with Gasteiger partial charge < -0.3 is 18.9 Å². The number of unbranched alkanes of at least 4 members (excludes halogenated alkanes) is 2. The van der Waals surface area contributed by atoms with Crippen LogP contribution in [0.2, 0.25) is 0 Å². The first-order valence-corrected chi connectivity index (χ1v) is 10.4. The van der Waals surface area contributed by atoms with E-state index in [0.29, 0.717) is 25.7 Å². The van der Waals surface area contributed by atoms with E-state index in [9.17, 15) is 28.8 Å². The minimum absolute atomic E-state index is 0. The Balaban J connectivity index is -0.000000720. The van der Waals surface area contributed by atoms with Crippen molar-refractivity contribution in [2.75, 3.05) is 20.0 Å². The van der Waals surface area contributed by atoms with Gasteiger partial charge in [-0.2, -0.15) is 0 Å².